The Morgan fingerprint density at radius 2 is 2.00 bits per heavy atom. The van der Waals surface area contributed by atoms with Crippen LogP contribution in [0.25, 0.3) is 0 Å². The van der Waals surface area contributed by atoms with Gasteiger partial charge in [-0.15, -0.1) is 0 Å². The summed E-state index contributed by atoms with van der Waals surface area (Å²) in [5.41, 5.74) is 1.33. The summed E-state index contributed by atoms with van der Waals surface area (Å²) in [4.78, 5) is 11.3. The van der Waals surface area contributed by atoms with Gasteiger partial charge in [-0.25, -0.2) is 4.79 Å². The summed E-state index contributed by atoms with van der Waals surface area (Å²) < 4.78 is 21.8. The molecule has 0 spiro atoms. The zero-order chi connectivity index (χ0) is 16.5. The molecule has 1 saturated heterocycles. The van der Waals surface area contributed by atoms with Crippen LogP contribution in [0.4, 0.5) is 4.79 Å². The Morgan fingerprint density at radius 3 is 2.65 bits per heavy atom. The lowest BCUT2D eigenvalue weighted by Gasteiger charge is -2.12. The molecular formula is C17H23BrO5. The number of rotatable bonds is 10. The van der Waals surface area contributed by atoms with E-state index in [1.165, 1.54) is 5.56 Å². The molecule has 1 fully saturated rings. The third-order valence-electron chi connectivity index (χ3n) is 3.54. The van der Waals surface area contributed by atoms with Gasteiger partial charge in [0.05, 0.1) is 13.2 Å². The van der Waals surface area contributed by atoms with Crippen LogP contribution < -0.4 is 0 Å². The number of carbonyl (C=O) groups is 1. The molecule has 0 amide bonds. The normalized spacial score (nSPS) is 19.4. The first-order valence-corrected chi connectivity index (χ1v) is 8.75. The number of hydrogen-bond acceptors (Lipinski definition) is 5. The van der Waals surface area contributed by atoms with Crippen molar-refractivity contribution in [3.8, 4) is 0 Å². The summed E-state index contributed by atoms with van der Waals surface area (Å²) in [6, 6.07) is 8.38. The van der Waals surface area contributed by atoms with Crippen molar-refractivity contribution in [1.29, 1.82) is 0 Å². The predicted octanol–water partition coefficient (Wildman–Crippen LogP) is 4.08. The Hall–Kier alpha value is -1.11. The maximum Gasteiger partial charge on any atom is 0.510 e. The molecule has 6 heteroatoms. The molecule has 1 unspecified atom stereocenters. The van der Waals surface area contributed by atoms with Gasteiger partial charge in [0.1, 0.15) is 6.61 Å². The maximum absolute atomic E-state index is 11.3. The minimum atomic E-state index is -0.816. The van der Waals surface area contributed by atoms with E-state index in [2.05, 4.69) is 40.2 Å². The predicted molar refractivity (Wildman–Crippen MR) is 89.3 cm³/mol. The van der Waals surface area contributed by atoms with E-state index < -0.39 is 11.9 Å². The van der Waals surface area contributed by atoms with E-state index in [4.69, 9.17) is 18.9 Å². The van der Waals surface area contributed by atoms with Crippen molar-refractivity contribution in [2.24, 2.45) is 0 Å². The maximum atomic E-state index is 11.3. The first-order valence-electron chi connectivity index (χ1n) is 7.95. The van der Waals surface area contributed by atoms with Crippen molar-refractivity contribution in [2.75, 3.05) is 26.4 Å². The molecule has 23 heavy (non-hydrogen) atoms. The van der Waals surface area contributed by atoms with Crippen LogP contribution in [0.5, 0.6) is 0 Å². The summed E-state index contributed by atoms with van der Waals surface area (Å²) >= 11 is 3.43. The first-order chi connectivity index (χ1) is 11.1. The van der Waals surface area contributed by atoms with Crippen LogP contribution in [0.3, 0.4) is 0 Å². The Bertz CT molecular complexity index is 484. The average Bonchev–Trinajstić information content (AvgIpc) is 3.28. The number of epoxide rings is 1. The van der Waals surface area contributed by atoms with Crippen molar-refractivity contribution in [3.05, 3.63) is 34.3 Å². The lowest BCUT2D eigenvalue weighted by Crippen LogP contribution is -2.24. The first kappa shape index (κ1) is 18.2. The number of ether oxygens (including phenoxy) is 4. The Morgan fingerprint density at radius 1 is 1.26 bits per heavy atom. The fraction of sp³-hybridized carbons (Fsp3) is 0.588. The molecule has 0 saturated carbocycles. The van der Waals surface area contributed by atoms with E-state index in [0.717, 1.165) is 23.7 Å². The molecular weight excluding hydrogens is 364 g/mol. The van der Waals surface area contributed by atoms with Gasteiger partial charge in [0.2, 0.25) is 5.79 Å². The molecule has 128 valence electrons. The van der Waals surface area contributed by atoms with Crippen LogP contribution in [0.2, 0.25) is 0 Å². The van der Waals surface area contributed by atoms with Crippen molar-refractivity contribution in [1.82, 2.24) is 0 Å². The lowest BCUT2D eigenvalue weighted by molar-refractivity contribution is -0.0491. The second kappa shape index (κ2) is 9.25. The second-order valence-corrected chi connectivity index (χ2v) is 6.35. The van der Waals surface area contributed by atoms with Crippen molar-refractivity contribution in [2.45, 2.75) is 38.4 Å². The van der Waals surface area contributed by atoms with Gasteiger partial charge < -0.3 is 18.9 Å². The highest BCUT2D eigenvalue weighted by atomic mass is 79.9. The number of benzene rings is 1. The molecule has 1 aliphatic rings. The molecule has 1 heterocycles. The molecule has 0 radical (unpaired) electrons. The molecule has 0 aromatic heterocycles. The van der Waals surface area contributed by atoms with Gasteiger partial charge in [-0.1, -0.05) is 28.1 Å². The lowest BCUT2D eigenvalue weighted by atomic mass is 10.1. The number of aryl methyl sites for hydroxylation is 1. The quantitative estimate of drug-likeness (QED) is 0.344. The molecule has 1 aromatic rings. The minimum Gasteiger partial charge on any atom is -0.435 e. The van der Waals surface area contributed by atoms with Crippen LogP contribution in [-0.2, 0) is 25.4 Å². The minimum absolute atomic E-state index is 0.295. The van der Waals surface area contributed by atoms with E-state index in [1.54, 1.807) is 6.92 Å². The molecule has 5 nitrogen and oxygen atoms in total. The number of hydrogen-bond donors (Lipinski definition) is 0. The van der Waals surface area contributed by atoms with Gasteiger partial charge in [0.25, 0.3) is 0 Å². The van der Waals surface area contributed by atoms with Gasteiger partial charge in [-0.2, -0.15) is 0 Å². The van der Waals surface area contributed by atoms with Gasteiger partial charge >= 0.3 is 6.16 Å². The van der Waals surface area contributed by atoms with Crippen molar-refractivity contribution in [3.63, 3.8) is 0 Å². The van der Waals surface area contributed by atoms with Gasteiger partial charge in [0, 0.05) is 17.5 Å². The van der Waals surface area contributed by atoms with E-state index in [9.17, 15) is 4.79 Å². The Labute approximate surface area is 145 Å². The summed E-state index contributed by atoms with van der Waals surface area (Å²) in [6.45, 7) is 3.66. The highest BCUT2D eigenvalue weighted by molar-refractivity contribution is 9.10. The van der Waals surface area contributed by atoms with Gasteiger partial charge in [-0.3, -0.25) is 0 Å². The SMILES string of the molecule is CCOC(=O)OC1(CCOCCCCc2ccc(Br)cc2)CO1. The van der Waals surface area contributed by atoms with E-state index >= 15 is 0 Å². The van der Waals surface area contributed by atoms with E-state index in [0.29, 0.717) is 32.8 Å². The molecule has 2 rings (SSSR count). The molecule has 0 bridgehead atoms. The summed E-state index contributed by atoms with van der Waals surface area (Å²) in [7, 11) is 0. The molecule has 1 aliphatic heterocycles. The topological polar surface area (TPSA) is 57.3 Å². The molecule has 0 N–H and O–H groups in total. The third-order valence-corrected chi connectivity index (χ3v) is 4.07. The molecule has 1 aromatic carbocycles. The van der Waals surface area contributed by atoms with Crippen LogP contribution >= 0.6 is 15.9 Å². The van der Waals surface area contributed by atoms with Crippen LogP contribution in [0.15, 0.2) is 28.7 Å². The van der Waals surface area contributed by atoms with E-state index in [-0.39, 0.29) is 0 Å². The summed E-state index contributed by atoms with van der Waals surface area (Å²) in [5.74, 6) is -0.816. The number of unbranched alkanes of at least 4 members (excludes halogenated alkanes) is 1. The monoisotopic (exact) mass is 386 g/mol. The Kier molecular flexibility index (Phi) is 7.33. The molecule has 1 atom stereocenters. The fourth-order valence-corrected chi connectivity index (χ4v) is 2.41. The smallest absolute Gasteiger partial charge is 0.435 e. The fourth-order valence-electron chi connectivity index (χ4n) is 2.15. The average molecular weight is 387 g/mol. The molecule has 0 aliphatic carbocycles. The van der Waals surface area contributed by atoms with Gasteiger partial charge in [-0.05, 0) is 43.9 Å². The second-order valence-electron chi connectivity index (χ2n) is 5.43. The third kappa shape index (κ3) is 6.89. The standard InChI is InChI=1S/C17H23BrO5/c1-2-21-16(19)23-17(13-22-17)10-12-20-11-4-3-5-14-6-8-15(18)9-7-14/h6-9H,2-5,10-13H2,1H3. The summed E-state index contributed by atoms with van der Waals surface area (Å²) in [6.07, 6.45) is 3.00. The van der Waals surface area contributed by atoms with E-state index in [1.807, 2.05) is 0 Å². The van der Waals surface area contributed by atoms with Crippen LogP contribution in [-0.4, -0.2) is 38.4 Å². The summed E-state index contributed by atoms with van der Waals surface area (Å²) in [5, 5.41) is 0. The van der Waals surface area contributed by atoms with Gasteiger partial charge in [0.15, 0.2) is 0 Å². The van der Waals surface area contributed by atoms with Crippen molar-refractivity contribution < 1.29 is 23.7 Å². The highest BCUT2D eigenvalue weighted by Crippen LogP contribution is 2.32. The largest absolute Gasteiger partial charge is 0.510 e. The van der Waals surface area contributed by atoms with Crippen LogP contribution in [0.1, 0.15) is 31.7 Å². The van der Waals surface area contributed by atoms with Crippen molar-refractivity contribution >= 4 is 22.1 Å². The zero-order valence-electron chi connectivity index (χ0n) is 13.4. The highest BCUT2D eigenvalue weighted by Gasteiger charge is 2.49. The van der Waals surface area contributed by atoms with Crippen LogP contribution in [0, 0.1) is 0 Å². The Balaban J connectivity index is 1.49. The zero-order valence-corrected chi connectivity index (χ0v) is 15.0. The number of halogens is 1. The number of carbonyl (C=O) groups excluding carboxylic acids is 1.